The molecule has 2 rings (SSSR count). The Hall–Kier alpha value is -1.09. The largest absolute Gasteiger partial charge is 0.351 e. The molecule has 1 N–H and O–H groups in total. The van der Waals surface area contributed by atoms with Gasteiger partial charge in [0.25, 0.3) is 5.91 Å². The van der Waals surface area contributed by atoms with Crippen LogP contribution in [0.15, 0.2) is 12.1 Å². The zero-order valence-electron chi connectivity index (χ0n) is 13.2. The number of hydrogen-bond acceptors (Lipinski definition) is 2. The Labute approximate surface area is 132 Å². The molecule has 0 aromatic carbocycles. The summed E-state index contributed by atoms with van der Waals surface area (Å²) in [5.74, 6) is 0.216. The molecule has 0 unspecified atom stereocenters. The van der Waals surface area contributed by atoms with Gasteiger partial charge in [0.1, 0.15) is 5.15 Å². The van der Waals surface area contributed by atoms with Crippen LogP contribution >= 0.6 is 11.6 Å². The number of pyridine rings is 1. The molecule has 0 atom stereocenters. The van der Waals surface area contributed by atoms with E-state index in [2.05, 4.69) is 17.2 Å². The Morgan fingerprint density at radius 3 is 2.62 bits per heavy atom. The second-order valence-corrected chi connectivity index (χ2v) is 6.89. The molecule has 0 radical (unpaired) electrons. The fourth-order valence-corrected chi connectivity index (χ4v) is 3.31. The average Bonchev–Trinajstić information content (AvgIpc) is 2.93. The second-order valence-electron chi connectivity index (χ2n) is 6.50. The molecule has 21 heavy (non-hydrogen) atoms. The highest BCUT2D eigenvalue weighted by molar-refractivity contribution is 6.29. The maximum absolute atomic E-state index is 12.4. The van der Waals surface area contributed by atoms with E-state index in [1.54, 1.807) is 6.07 Å². The fraction of sp³-hybridized carbons (Fsp3) is 0.647. The van der Waals surface area contributed by atoms with Crippen molar-refractivity contribution < 1.29 is 4.79 Å². The van der Waals surface area contributed by atoms with Crippen LogP contribution in [0.1, 0.15) is 74.8 Å². The van der Waals surface area contributed by atoms with Gasteiger partial charge >= 0.3 is 0 Å². The summed E-state index contributed by atoms with van der Waals surface area (Å²) in [6.07, 6.45) is 6.13. The molecule has 0 aliphatic heterocycles. The van der Waals surface area contributed by atoms with Crippen molar-refractivity contribution in [2.75, 3.05) is 6.54 Å². The van der Waals surface area contributed by atoms with Crippen molar-refractivity contribution in [2.24, 2.45) is 5.41 Å². The van der Waals surface area contributed by atoms with E-state index in [1.165, 1.54) is 25.7 Å². The highest BCUT2D eigenvalue weighted by Crippen LogP contribution is 2.40. The van der Waals surface area contributed by atoms with Crippen LogP contribution in [0.4, 0.5) is 0 Å². The first-order valence-electron chi connectivity index (χ1n) is 7.91. The zero-order chi connectivity index (χ0) is 15.5. The predicted octanol–water partition coefficient (Wildman–Crippen LogP) is 4.56. The molecule has 3 nitrogen and oxygen atoms in total. The van der Waals surface area contributed by atoms with Gasteiger partial charge < -0.3 is 5.32 Å². The van der Waals surface area contributed by atoms with Crippen molar-refractivity contribution in [1.82, 2.24) is 10.3 Å². The Morgan fingerprint density at radius 1 is 1.38 bits per heavy atom. The lowest BCUT2D eigenvalue weighted by Gasteiger charge is -2.27. The summed E-state index contributed by atoms with van der Waals surface area (Å²) in [4.78, 5) is 16.7. The standard InChI is InChI=1S/C17H25ClN2O/c1-4-17(7-5-6-8-17)11-19-16(21)13-9-14(12(2)3)20-15(18)10-13/h9-10,12H,4-8,11H2,1-3H3,(H,19,21). The fourth-order valence-electron chi connectivity index (χ4n) is 3.09. The van der Waals surface area contributed by atoms with E-state index in [1.807, 2.05) is 19.9 Å². The monoisotopic (exact) mass is 308 g/mol. The van der Waals surface area contributed by atoms with E-state index in [0.29, 0.717) is 16.1 Å². The maximum Gasteiger partial charge on any atom is 0.251 e. The first-order valence-corrected chi connectivity index (χ1v) is 8.29. The van der Waals surface area contributed by atoms with Crippen LogP contribution in [-0.2, 0) is 0 Å². The van der Waals surface area contributed by atoms with Crippen molar-refractivity contribution >= 4 is 17.5 Å². The molecule has 1 aliphatic rings. The summed E-state index contributed by atoms with van der Waals surface area (Å²) < 4.78 is 0. The molecule has 1 saturated carbocycles. The summed E-state index contributed by atoms with van der Waals surface area (Å²) in [6, 6.07) is 3.50. The van der Waals surface area contributed by atoms with Gasteiger partial charge in [0.15, 0.2) is 0 Å². The Kier molecular flexibility index (Phi) is 5.26. The molecule has 0 saturated heterocycles. The van der Waals surface area contributed by atoms with Crippen molar-refractivity contribution in [2.45, 2.75) is 58.8 Å². The van der Waals surface area contributed by atoms with Gasteiger partial charge in [-0.1, -0.05) is 45.2 Å². The topological polar surface area (TPSA) is 42.0 Å². The Bertz CT molecular complexity index is 508. The number of halogens is 1. The zero-order valence-corrected chi connectivity index (χ0v) is 14.0. The molecule has 116 valence electrons. The average molecular weight is 309 g/mol. The van der Waals surface area contributed by atoms with Gasteiger partial charge in [0.05, 0.1) is 0 Å². The second kappa shape index (κ2) is 6.78. The van der Waals surface area contributed by atoms with E-state index in [0.717, 1.165) is 18.7 Å². The minimum atomic E-state index is -0.0408. The minimum absolute atomic E-state index is 0.0408. The number of carbonyl (C=O) groups is 1. The van der Waals surface area contributed by atoms with E-state index in [4.69, 9.17) is 11.6 Å². The van der Waals surface area contributed by atoms with Crippen molar-refractivity contribution in [3.05, 3.63) is 28.5 Å². The maximum atomic E-state index is 12.4. The first-order chi connectivity index (χ1) is 9.96. The summed E-state index contributed by atoms with van der Waals surface area (Å²) in [5, 5.41) is 3.49. The van der Waals surface area contributed by atoms with E-state index < -0.39 is 0 Å². The van der Waals surface area contributed by atoms with Crippen LogP contribution in [-0.4, -0.2) is 17.4 Å². The van der Waals surface area contributed by atoms with Crippen LogP contribution in [0.2, 0.25) is 5.15 Å². The summed E-state index contributed by atoms with van der Waals surface area (Å²) in [6.45, 7) is 7.08. The smallest absolute Gasteiger partial charge is 0.251 e. The molecule has 1 aromatic heterocycles. The van der Waals surface area contributed by atoms with E-state index >= 15 is 0 Å². The molecule has 1 aliphatic carbocycles. The number of nitrogens with one attached hydrogen (secondary N) is 1. The summed E-state index contributed by atoms with van der Waals surface area (Å²) in [5.41, 5.74) is 1.77. The van der Waals surface area contributed by atoms with Gasteiger partial charge in [0.2, 0.25) is 0 Å². The number of nitrogens with zero attached hydrogens (tertiary/aromatic N) is 1. The van der Waals surface area contributed by atoms with Gasteiger partial charge in [-0.05, 0) is 42.7 Å². The lowest BCUT2D eigenvalue weighted by molar-refractivity contribution is 0.0928. The van der Waals surface area contributed by atoms with Crippen molar-refractivity contribution in [3.63, 3.8) is 0 Å². The summed E-state index contributed by atoms with van der Waals surface area (Å²) in [7, 11) is 0. The third-order valence-electron chi connectivity index (χ3n) is 4.71. The number of hydrogen-bond donors (Lipinski definition) is 1. The molecular formula is C17H25ClN2O. The Balaban J connectivity index is 2.06. The predicted molar refractivity (Wildman–Crippen MR) is 86.9 cm³/mol. The third kappa shape index (κ3) is 3.97. The van der Waals surface area contributed by atoms with Crippen LogP contribution < -0.4 is 5.32 Å². The minimum Gasteiger partial charge on any atom is -0.351 e. The highest BCUT2D eigenvalue weighted by Gasteiger charge is 2.32. The molecule has 0 spiro atoms. The molecule has 4 heteroatoms. The van der Waals surface area contributed by atoms with Crippen LogP contribution in [0.3, 0.4) is 0 Å². The third-order valence-corrected chi connectivity index (χ3v) is 4.90. The van der Waals surface area contributed by atoms with Crippen LogP contribution in [0.25, 0.3) is 0 Å². The summed E-state index contributed by atoms with van der Waals surface area (Å²) >= 11 is 6.03. The van der Waals surface area contributed by atoms with Crippen LogP contribution in [0, 0.1) is 5.41 Å². The number of rotatable bonds is 5. The Morgan fingerprint density at radius 2 is 2.05 bits per heavy atom. The molecule has 1 amide bonds. The van der Waals surface area contributed by atoms with Crippen LogP contribution in [0.5, 0.6) is 0 Å². The molecular weight excluding hydrogens is 284 g/mol. The van der Waals surface area contributed by atoms with Crippen molar-refractivity contribution in [3.8, 4) is 0 Å². The van der Waals surface area contributed by atoms with E-state index in [-0.39, 0.29) is 11.8 Å². The molecule has 1 heterocycles. The normalized spacial score (nSPS) is 17.2. The van der Waals surface area contributed by atoms with Gasteiger partial charge in [0, 0.05) is 17.8 Å². The quantitative estimate of drug-likeness (QED) is 0.810. The lowest BCUT2D eigenvalue weighted by Crippen LogP contribution is -2.35. The molecule has 1 aromatic rings. The van der Waals surface area contributed by atoms with Gasteiger partial charge in [-0.2, -0.15) is 0 Å². The molecule has 1 fully saturated rings. The number of aromatic nitrogens is 1. The van der Waals surface area contributed by atoms with E-state index in [9.17, 15) is 4.79 Å². The molecule has 0 bridgehead atoms. The van der Waals surface area contributed by atoms with Gasteiger partial charge in [-0.3, -0.25) is 4.79 Å². The van der Waals surface area contributed by atoms with Gasteiger partial charge in [-0.15, -0.1) is 0 Å². The van der Waals surface area contributed by atoms with Gasteiger partial charge in [-0.25, -0.2) is 4.98 Å². The number of carbonyl (C=O) groups excluding carboxylic acids is 1. The number of amides is 1. The SMILES string of the molecule is CCC1(CNC(=O)c2cc(Cl)nc(C(C)C)c2)CCCC1. The van der Waals surface area contributed by atoms with Crippen molar-refractivity contribution in [1.29, 1.82) is 0 Å². The highest BCUT2D eigenvalue weighted by atomic mass is 35.5. The lowest BCUT2D eigenvalue weighted by atomic mass is 9.83. The first kappa shape index (κ1) is 16.3.